The predicted octanol–water partition coefficient (Wildman–Crippen LogP) is 3.00. The minimum atomic E-state index is -0.187. The van der Waals surface area contributed by atoms with Gasteiger partial charge < -0.3 is 5.11 Å². The highest BCUT2D eigenvalue weighted by atomic mass is 19.1. The quantitative estimate of drug-likeness (QED) is 0.818. The summed E-state index contributed by atoms with van der Waals surface area (Å²) in [6, 6.07) is 10.8. The van der Waals surface area contributed by atoms with E-state index in [2.05, 4.69) is 0 Å². The monoisotopic (exact) mass is 216 g/mol. The highest BCUT2D eigenvalue weighted by Crippen LogP contribution is 2.49. The van der Waals surface area contributed by atoms with Gasteiger partial charge in [0.25, 0.3) is 0 Å². The van der Waals surface area contributed by atoms with Crippen LogP contribution in [0, 0.1) is 5.82 Å². The summed E-state index contributed by atoms with van der Waals surface area (Å²) in [6.07, 6.45) is 2.00. The molecule has 0 aromatic heterocycles. The molecule has 0 spiro atoms. The van der Waals surface area contributed by atoms with Crippen LogP contribution in [-0.2, 0) is 5.41 Å². The van der Waals surface area contributed by atoms with Crippen molar-refractivity contribution in [1.29, 1.82) is 0 Å². The molecule has 1 saturated carbocycles. The minimum Gasteiger partial charge on any atom is -0.395 e. The molecule has 2 aromatic rings. The average molecular weight is 216 g/mol. The van der Waals surface area contributed by atoms with Gasteiger partial charge in [0.1, 0.15) is 5.82 Å². The van der Waals surface area contributed by atoms with E-state index >= 15 is 0 Å². The zero-order valence-corrected chi connectivity index (χ0v) is 8.91. The molecule has 0 aliphatic heterocycles. The Bertz CT molecular complexity index is 543. The van der Waals surface area contributed by atoms with Gasteiger partial charge in [0.05, 0.1) is 6.61 Å². The Hall–Kier alpha value is -1.41. The molecule has 16 heavy (non-hydrogen) atoms. The summed E-state index contributed by atoms with van der Waals surface area (Å²) in [5, 5.41) is 11.0. The lowest BCUT2D eigenvalue weighted by molar-refractivity contribution is 0.256. The van der Waals surface area contributed by atoms with Crippen LogP contribution in [0.2, 0.25) is 0 Å². The van der Waals surface area contributed by atoms with Gasteiger partial charge in [-0.25, -0.2) is 4.39 Å². The Morgan fingerprint density at radius 2 is 1.75 bits per heavy atom. The molecule has 1 fully saturated rings. The standard InChI is InChI=1S/C14H13FO/c15-13-6-2-3-10-11(13)4-1-5-12(10)14(9-16)7-8-14/h1-6,16H,7-9H2. The molecule has 3 rings (SSSR count). The second kappa shape index (κ2) is 3.29. The van der Waals surface area contributed by atoms with Crippen LogP contribution in [0.25, 0.3) is 10.8 Å². The summed E-state index contributed by atoms with van der Waals surface area (Å²) < 4.78 is 13.6. The molecule has 1 N–H and O–H groups in total. The summed E-state index contributed by atoms with van der Waals surface area (Å²) in [4.78, 5) is 0. The molecule has 0 atom stereocenters. The highest BCUT2D eigenvalue weighted by Gasteiger charge is 2.44. The molecule has 0 radical (unpaired) electrons. The van der Waals surface area contributed by atoms with Gasteiger partial charge in [-0.2, -0.15) is 0 Å². The van der Waals surface area contributed by atoms with Gasteiger partial charge in [0.15, 0.2) is 0 Å². The van der Waals surface area contributed by atoms with E-state index in [1.807, 2.05) is 18.2 Å². The lowest BCUT2D eigenvalue weighted by Crippen LogP contribution is -2.12. The Morgan fingerprint density at radius 3 is 2.44 bits per heavy atom. The number of rotatable bonds is 2. The first-order chi connectivity index (χ1) is 7.77. The third kappa shape index (κ3) is 1.26. The van der Waals surface area contributed by atoms with Crippen LogP contribution in [0.5, 0.6) is 0 Å². The average Bonchev–Trinajstić information content (AvgIpc) is 3.10. The highest BCUT2D eigenvalue weighted by molar-refractivity contribution is 5.87. The van der Waals surface area contributed by atoms with Gasteiger partial charge in [0, 0.05) is 10.8 Å². The van der Waals surface area contributed by atoms with Gasteiger partial charge in [-0.05, 0) is 29.9 Å². The van der Waals surface area contributed by atoms with Crippen LogP contribution in [0.1, 0.15) is 18.4 Å². The fourth-order valence-electron chi connectivity index (χ4n) is 2.40. The predicted molar refractivity (Wildman–Crippen MR) is 61.9 cm³/mol. The Kier molecular flexibility index (Phi) is 2.01. The summed E-state index contributed by atoms with van der Waals surface area (Å²) in [6.45, 7) is 0.155. The van der Waals surface area contributed by atoms with Crippen LogP contribution >= 0.6 is 0 Å². The van der Waals surface area contributed by atoms with E-state index in [4.69, 9.17) is 0 Å². The van der Waals surface area contributed by atoms with Crippen molar-refractivity contribution in [1.82, 2.24) is 0 Å². The van der Waals surface area contributed by atoms with Crippen molar-refractivity contribution < 1.29 is 9.50 Å². The number of aliphatic hydroxyl groups is 1. The van der Waals surface area contributed by atoms with E-state index in [9.17, 15) is 9.50 Å². The number of benzene rings is 2. The number of hydrogen-bond acceptors (Lipinski definition) is 1. The molecule has 0 amide bonds. The summed E-state index contributed by atoms with van der Waals surface area (Å²) >= 11 is 0. The maximum absolute atomic E-state index is 13.6. The molecule has 0 saturated heterocycles. The third-order valence-electron chi connectivity index (χ3n) is 3.60. The number of halogens is 1. The molecular weight excluding hydrogens is 203 g/mol. The second-order valence-corrected chi connectivity index (χ2v) is 4.58. The SMILES string of the molecule is OCC1(c2cccc3c(F)cccc23)CC1. The number of hydrogen-bond donors (Lipinski definition) is 1. The van der Waals surface area contributed by atoms with Crippen molar-refractivity contribution in [3.05, 3.63) is 47.8 Å². The van der Waals surface area contributed by atoms with E-state index in [-0.39, 0.29) is 17.8 Å². The van der Waals surface area contributed by atoms with E-state index in [0.717, 1.165) is 23.8 Å². The fourth-order valence-corrected chi connectivity index (χ4v) is 2.40. The fraction of sp³-hybridized carbons (Fsp3) is 0.286. The normalized spacial score (nSPS) is 17.6. The molecule has 0 bridgehead atoms. The van der Waals surface area contributed by atoms with Crippen molar-refractivity contribution >= 4 is 10.8 Å². The van der Waals surface area contributed by atoms with Crippen molar-refractivity contribution in [2.45, 2.75) is 18.3 Å². The van der Waals surface area contributed by atoms with Crippen LogP contribution in [0.3, 0.4) is 0 Å². The lowest BCUT2D eigenvalue weighted by atomic mass is 9.91. The molecule has 0 heterocycles. The first-order valence-corrected chi connectivity index (χ1v) is 5.55. The molecule has 2 heteroatoms. The summed E-state index contributed by atoms with van der Waals surface area (Å²) in [7, 11) is 0. The molecule has 2 aromatic carbocycles. The van der Waals surface area contributed by atoms with Gasteiger partial charge in [-0.3, -0.25) is 0 Å². The Balaban J connectivity index is 2.30. The van der Waals surface area contributed by atoms with Crippen molar-refractivity contribution in [2.75, 3.05) is 6.61 Å². The lowest BCUT2D eigenvalue weighted by Gasteiger charge is -2.15. The van der Waals surface area contributed by atoms with E-state index < -0.39 is 0 Å². The van der Waals surface area contributed by atoms with Crippen LogP contribution in [0.4, 0.5) is 4.39 Å². The van der Waals surface area contributed by atoms with Gasteiger partial charge in [-0.15, -0.1) is 0 Å². The largest absolute Gasteiger partial charge is 0.395 e. The van der Waals surface area contributed by atoms with E-state index in [1.54, 1.807) is 12.1 Å². The number of fused-ring (bicyclic) bond motifs is 1. The van der Waals surface area contributed by atoms with Crippen LogP contribution < -0.4 is 0 Å². The first kappa shape index (κ1) is 9.79. The maximum atomic E-state index is 13.6. The topological polar surface area (TPSA) is 20.2 Å². The van der Waals surface area contributed by atoms with Crippen molar-refractivity contribution in [3.63, 3.8) is 0 Å². The smallest absolute Gasteiger partial charge is 0.131 e. The minimum absolute atomic E-state index is 0.104. The maximum Gasteiger partial charge on any atom is 0.131 e. The summed E-state index contributed by atoms with van der Waals surface area (Å²) in [5.41, 5.74) is 0.986. The molecule has 1 aliphatic carbocycles. The molecule has 82 valence electrons. The Labute approximate surface area is 93.5 Å². The summed E-state index contributed by atoms with van der Waals surface area (Å²) in [5.74, 6) is -0.187. The number of aliphatic hydroxyl groups excluding tert-OH is 1. The van der Waals surface area contributed by atoms with Crippen molar-refractivity contribution in [3.8, 4) is 0 Å². The van der Waals surface area contributed by atoms with Crippen LogP contribution in [-0.4, -0.2) is 11.7 Å². The molecular formula is C14H13FO. The third-order valence-corrected chi connectivity index (χ3v) is 3.60. The first-order valence-electron chi connectivity index (χ1n) is 5.55. The van der Waals surface area contributed by atoms with E-state index in [1.165, 1.54) is 6.07 Å². The van der Waals surface area contributed by atoms with Gasteiger partial charge in [-0.1, -0.05) is 30.3 Å². The molecule has 1 nitrogen and oxygen atoms in total. The van der Waals surface area contributed by atoms with Crippen LogP contribution in [0.15, 0.2) is 36.4 Å². The van der Waals surface area contributed by atoms with Gasteiger partial charge in [0.2, 0.25) is 0 Å². The zero-order valence-electron chi connectivity index (χ0n) is 8.91. The second-order valence-electron chi connectivity index (χ2n) is 4.58. The van der Waals surface area contributed by atoms with Crippen molar-refractivity contribution in [2.24, 2.45) is 0 Å². The van der Waals surface area contributed by atoms with Gasteiger partial charge >= 0.3 is 0 Å². The zero-order chi connectivity index (χ0) is 11.2. The molecule has 1 aliphatic rings. The Morgan fingerprint density at radius 1 is 1.06 bits per heavy atom. The van der Waals surface area contributed by atoms with E-state index in [0.29, 0.717) is 5.39 Å². The molecule has 0 unspecified atom stereocenters.